The maximum atomic E-state index is 11.6. The molecule has 0 radical (unpaired) electrons. The second-order valence-electron chi connectivity index (χ2n) is 3.49. The van der Waals surface area contributed by atoms with Crippen molar-refractivity contribution in [2.24, 2.45) is 0 Å². The number of nitriles is 1. The van der Waals surface area contributed by atoms with Gasteiger partial charge < -0.3 is 10.4 Å². The molecule has 0 fully saturated rings. The molecule has 1 aromatic carbocycles. The van der Waals surface area contributed by atoms with Gasteiger partial charge in [-0.15, -0.1) is 0 Å². The van der Waals surface area contributed by atoms with Gasteiger partial charge in [0.25, 0.3) is 5.91 Å². The summed E-state index contributed by atoms with van der Waals surface area (Å²) in [6.45, 7) is 3.12. The summed E-state index contributed by atoms with van der Waals surface area (Å²) < 4.78 is 0. The molecule has 1 rings (SSSR count). The molecule has 2 N–H and O–H groups in total. The number of halogens is 1. The van der Waals surface area contributed by atoms with Crippen molar-refractivity contribution < 1.29 is 9.90 Å². The Balaban J connectivity index is 2.93. The lowest BCUT2D eigenvalue weighted by Gasteiger charge is -2.06. The molecule has 1 amide bonds. The van der Waals surface area contributed by atoms with E-state index in [4.69, 9.17) is 22.0 Å². The number of carbonyl (C=O) groups is 1. The van der Waals surface area contributed by atoms with Crippen LogP contribution in [0.5, 0.6) is 0 Å². The number of anilines is 1. The number of aliphatic hydroxyl groups excluding tert-OH is 1. The summed E-state index contributed by atoms with van der Waals surface area (Å²) in [5.41, 5.74) is 1.04. The zero-order valence-corrected chi connectivity index (χ0v) is 10.2. The molecule has 0 bridgehead atoms. The van der Waals surface area contributed by atoms with Crippen LogP contribution in [0, 0.1) is 18.3 Å². The highest BCUT2D eigenvalue weighted by molar-refractivity contribution is 6.31. The van der Waals surface area contributed by atoms with Crippen molar-refractivity contribution in [2.75, 3.05) is 5.32 Å². The normalized spacial score (nSPS) is 11.4. The molecule has 0 saturated carbocycles. The van der Waals surface area contributed by atoms with E-state index in [1.54, 1.807) is 24.3 Å². The number of benzene rings is 1. The first kappa shape index (κ1) is 13.1. The van der Waals surface area contributed by atoms with Crippen molar-refractivity contribution in [1.82, 2.24) is 0 Å². The zero-order chi connectivity index (χ0) is 13.0. The van der Waals surface area contributed by atoms with Crippen molar-refractivity contribution >= 4 is 23.2 Å². The van der Waals surface area contributed by atoms with Gasteiger partial charge >= 0.3 is 0 Å². The fraction of sp³-hybridized carbons (Fsp3) is 0.167. The average molecular weight is 251 g/mol. The number of nitrogens with zero attached hydrogens (tertiary/aromatic N) is 1. The molecular formula is C12H11ClN2O2. The smallest absolute Gasteiger partial charge is 0.269 e. The number of aryl methyl sites for hydroxylation is 1. The van der Waals surface area contributed by atoms with E-state index < -0.39 is 5.91 Å². The predicted octanol–water partition coefficient (Wildman–Crippen LogP) is 2.94. The van der Waals surface area contributed by atoms with Crippen LogP contribution in [0.2, 0.25) is 5.02 Å². The quantitative estimate of drug-likeness (QED) is 0.481. The number of carbonyl (C=O) groups excluding carboxylic acids is 1. The van der Waals surface area contributed by atoms with E-state index in [1.807, 2.05) is 6.92 Å². The highest BCUT2D eigenvalue weighted by atomic mass is 35.5. The molecule has 0 spiro atoms. The Hall–Kier alpha value is -1.99. The minimum atomic E-state index is -0.660. The van der Waals surface area contributed by atoms with Crippen LogP contribution in [-0.4, -0.2) is 11.0 Å². The summed E-state index contributed by atoms with van der Waals surface area (Å²) in [4.78, 5) is 11.6. The molecule has 4 nitrogen and oxygen atoms in total. The number of amides is 1. The Morgan fingerprint density at radius 1 is 1.53 bits per heavy atom. The fourth-order valence-corrected chi connectivity index (χ4v) is 1.34. The first-order chi connectivity index (χ1) is 7.95. The van der Waals surface area contributed by atoms with Gasteiger partial charge in [-0.1, -0.05) is 17.7 Å². The molecule has 1 aromatic rings. The second-order valence-corrected chi connectivity index (χ2v) is 3.90. The van der Waals surface area contributed by atoms with Crippen LogP contribution >= 0.6 is 11.6 Å². The third-order valence-electron chi connectivity index (χ3n) is 2.13. The van der Waals surface area contributed by atoms with Gasteiger partial charge in [-0.2, -0.15) is 5.26 Å². The van der Waals surface area contributed by atoms with E-state index in [1.165, 1.54) is 6.92 Å². The van der Waals surface area contributed by atoms with Crippen molar-refractivity contribution in [3.05, 3.63) is 40.1 Å². The van der Waals surface area contributed by atoms with Gasteiger partial charge in [0.2, 0.25) is 0 Å². The number of aliphatic hydroxyl groups is 1. The molecule has 17 heavy (non-hydrogen) atoms. The van der Waals surface area contributed by atoms with Crippen LogP contribution < -0.4 is 5.32 Å². The Kier molecular flexibility index (Phi) is 4.13. The lowest BCUT2D eigenvalue weighted by molar-refractivity contribution is -0.112. The summed E-state index contributed by atoms with van der Waals surface area (Å²) in [5.74, 6) is -0.976. The topological polar surface area (TPSA) is 73.1 Å². The van der Waals surface area contributed by atoms with Gasteiger partial charge in [0, 0.05) is 10.7 Å². The van der Waals surface area contributed by atoms with Crippen molar-refractivity contribution in [2.45, 2.75) is 13.8 Å². The third kappa shape index (κ3) is 3.23. The molecule has 0 aliphatic rings. The molecule has 0 heterocycles. The average Bonchev–Trinajstić information content (AvgIpc) is 2.24. The van der Waals surface area contributed by atoms with Crippen LogP contribution in [0.3, 0.4) is 0 Å². The van der Waals surface area contributed by atoms with Crippen LogP contribution in [0.25, 0.3) is 0 Å². The van der Waals surface area contributed by atoms with Gasteiger partial charge in [-0.05, 0) is 31.5 Å². The van der Waals surface area contributed by atoms with E-state index in [0.29, 0.717) is 10.7 Å². The van der Waals surface area contributed by atoms with E-state index in [2.05, 4.69) is 5.32 Å². The Morgan fingerprint density at radius 2 is 2.18 bits per heavy atom. The van der Waals surface area contributed by atoms with E-state index in [9.17, 15) is 4.79 Å². The maximum absolute atomic E-state index is 11.6. The van der Waals surface area contributed by atoms with E-state index in [0.717, 1.165) is 5.56 Å². The van der Waals surface area contributed by atoms with Gasteiger partial charge in [0.15, 0.2) is 5.57 Å². The second kappa shape index (κ2) is 5.37. The SMILES string of the molecule is CC(O)=C(C#N)C(=O)Nc1ccc(C)c(Cl)c1. The summed E-state index contributed by atoms with van der Waals surface area (Å²) >= 11 is 5.90. The summed E-state index contributed by atoms with van der Waals surface area (Å²) in [6.07, 6.45) is 0. The Labute approximate surface area is 104 Å². The third-order valence-corrected chi connectivity index (χ3v) is 2.54. The van der Waals surface area contributed by atoms with Gasteiger partial charge in [0.1, 0.15) is 11.8 Å². The zero-order valence-electron chi connectivity index (χ0n) is 9.41. The largest absolute Gasteiger partial charge is 0.511 e. The predicted molar refractivity (Wildman–Crippen MR) is 65.8 cm³/mol. The van der Waals surface area contributed by atoms with Gasteiger partial charge in [-0.25, -0.2) is 0 Å². The lowest BCUT2D eigenvalue weighted by atomic mass is 10.2. The molecule has 88 valence electrons. The first-order valence-corrected chi connectivity index (χ1v) is 5.21. The van der Waals surface area contributed by atoms with Crippen molar-refractivity contribution in [3.63, 3.8) is 0 Å². The molecule has 0 aliphatic carbocycles. The van der Waals surface area contributed by atoms with Crippen LogP contribution in [0.1, 0.15) is 12.5 Å². The number of hydrogen-bond acceptors (Lipinski definition) is 3. The van der Waals surface area contributed by atoms with Crippen LogP contribution in [0.4, 0.5) is 5.69 Å². The van der Waals surface area contributed by atoms with Gasteiger partial charge in [0.05, 0.1) is 0 Å². The standard InChI is InChI=1S/C12H11ClN2O2/c1-7-3-4-9(5-11(7)13)15-12(17)10(6-14)8(2)16/h3-5,16H,1-2H3,(H,15,17). The molecule has 0 unspecified atom stereocenters. The Bertz CT molecular complexity index is 526. The van der Waals surface area contributed by atoms with Crippen LogP contribution in [-0.2, 0) is 4.79 Å². The van der Waals surface area contributed by atoms with E-state index >= 15 is 0 Å². The highest BCUT2D eigenvalue weighted by Gasteiger charge is 2.12. The Morgan fingerprint density at radius 3 is 2.65 bits per heavy atom. The highest BCUT2D eigenvalue weighted by Crippen LogP contribution is 2.20. The fourth-order valence-electron chi connectivity index (χ4n) is 1.16. The summed E-state index contributed by atoms with van der Waals surface area (Å²) in [6, 6.07) is 6.63. The minimum Gasteiger partial charge on any atom is -0.511 e. The minimum absolute atomic E-state index is 0.316. The lowest BCUT2D eigenvalue weighted by Crippen LogP contribution is -2.14. The van der Waals surface area contributed by atoms with Crippen molar-refractivity contribution in [3.8, 4) is 6.07 Å². The number of hydrogen-bond donors (Lipinski definition) is 2. The maximum Gasteiger partial charge on any atom is 0.269 e. The van der Waals surface area contributed by atoms with Gasteiger partial charge in [-0.3, -0.25) is 4.79 Å². The molecule has 5 heteroatoms. The van der Waals surface area contributed by atoms with Crippen molar-refractivity contribution in [1.29, 1.82) is 5.26 Å². The van der Waals surface area contributed by atoms with Crippen LogP contribution in [0.15, 0.2) is 29.5 Å². The monoisotopic (exact) mass is 250 g/mol. The number of nitrogens with one attached hydrogen (secondary N) is 1. The molecule has 0 atom stereocenters. The molecule has 0 saturated heterocycles. The molecule has 0 aromatic heterocycles. The molecular weight excluding hydrogens is 240 g/mol. The first-order valence-electron chi connectivity index (χ1n) is 4.83. The molecule has 0 aliphatic heterocycles. The number of rotatable bonds is 2. The summed E-state index contributed by atoms with van der Waals surface area (Å²) in [7, 11) is 0. The van der Waals surface area contributed by atoms with E-state index in [-0.39, 0.29) is 11.3 Å². The summed E-state index contributed by atoms with van der Waals surface area (Å²) in [5, 5.41) is 20.8. The number of allylic oxidation sites excluding steroid dienone is 1.